The van der Waals surface area contributed by atoms with Crippen LogP contribution in [0.5, 0.6) is 0 Å². The number of carbonyl (C=O) groups is 4. The Kier molecular flexibility index (Phi) is 3.30. The number of nitrogens with one attached hydrogen (secondary N) is 1. The SMILES string of the molecule is [2H]C1([2H])C(c2cc(F)c3c(c2F)C(=O)N([C@@H]2CCC(=O)NC2=O)C3=O)C([2H])([2H])C([2H])([2H])N(C(C)(C)C)C1([2H])[2H]. The van der Waals surface area contributed by atoms with Crippen LogP contribution >= 0.6 is 0 Å². The first-order valence-electron chi connectivity index (χ1n) is 13.6. The molecule has 1 atom stereocenters. The van der Waals surface area contributed by atoms with Crippen LogP contribution in [0.2, 0.25) is 0 Å². The van der Waals surface area contributed by atoms with Crippen LogP contribution in [0.1, 0.15) is 89.5 Å². The molecule has 0 aromatic heterocycles. The summed E-state index contributed by atoms with van der Waals surface area (Å²) < 4.78 is 99.8. The summed E-state index contributed by atoms with van der Waals surface area (Å²) in [6.07, 6.45) is -7.41. The summed E-state index contributed by atoms with van der Waals surface area (Å²) in [5.74, 6) is -10.6. The molecule has 0 spiro atoms. The molecule has 0 bridgehead atoms. The van der Waals surface area contributed by atoms with Crippen molar-refractivity contribution in [2.45, 2.75) is 63.9 Å². The number of carbonyl (C=O) groups excluding carboxylic acids is 4. The van der Waals surface area contributed by atoms with E-state index in [9.17, 15) is 19.2 Å². The van der Waals surface area contributed by atoms with E-state index in [1.54, 1.807) is 0 Å². The maximum absolute atomic E-state index is 16.1. The molecule has 3 aliphatic heterocycles. The quantitative estimate of drug-likeness (QED) is 0.712. The van der Waals surface area contributed by atoms with E-state index in [-0.39, 0.29) is 23.8 Å². The Balaban J connectivity index is 1.92. The van der Waals surface area contributed by atoms with E-state index in [1.165, 1.54) is 20.8 Å². The van der Waals surface area contributed by atoms with E-state index < -0.39 is 95.2 Å². The summed E-state index contributed by atoms with van der Waals surface area (Å²) in [5.41, 5.74) is -4.98. The number of amides is 4. The molecule has 166 valence electrons. The highest BCUT2D eigenvalue weighted by molar-refractivity contribution is 6.23. The Morgan fingerprint density at radius 1 is 1.06 bits per heavy atom. The minimum atomic E-state index is -3.41. The fraction of sp³-hybridized carbons (Fsp3) is 0.545. The number of hydrogen-bond donors (Lipinski definition) is 1. The molecule has 1 aromatic carbocycles. The molecular weight excluding hydrogens is 408 g/mol. The number of hydrogen-bond acceptors (Lipinski definition) is 5. The molecule has 0 unspecified atom stereocenters. The Bertz CT molecular complexity index is 1300. The molecule has 2 saturated heterocycles. The highest BCUT2D eigenvalue weighted by Crippen LogP contribution is 2.38. The van der Waals surface area contributed by atoms with Crippen molar-refractivity contribution < 1.29 is 38.9 Å². The fourth-order valence-corrected chi connectivity index (χ4v) is 3.62. The summed E-state index contributed by atoms with van der Waals surface area (Å²) >= 11 is 0. The Labute approximate surface area is 190 Å². The zero-order valence-electron chi connectivity index (χ0n) is 24.9. The number of likely N-dealkylation sites (tertiary alicyclic amines) is 1. The lowest BCUT2D eigenvalue weighted by atomic mass is 9.85. The molecule has 3 heterocycles. The second-order valence-electron chi connectivity index (χ2n) is 8.41. The van der Waals surface area contributed by atoms with Crippen LogP contribution in [-0.2, 0) is 9.59 Å². The Hall–Kier alpha value is -2.68. The zero-order chi connectivity index (χ0) is 29.8. The van der Waals surface area contributed by atoms with Gasteiger partial charge in [-0.3, -0.25) is 34.3 Å². The third-order valence-electron chi connectivity index (χ3n) is 5.25. The Morgan fingerprint density at radius 3 is 2.26 bits per heavy atom. The van der Waals surface area contributed by atoms with Crippen LogP contribution in [-0.4, -0.2) is 58.0 Å². The van der Waals surface area contributed by atoms with Gasteiger partial charge in [0.05, 0.1) is 11.1 Å². The molecule has 0 radical (unpaired) electrons. The molecule has 0 saturated carbocycles. The molecule has 1 aromatic rings. The number of rotatable bonds is 2. The average Bonchev–Trinajstić information content (AvgIpc) is 3.00. The molecule has 9 heteroatoms. The summed E-state index contributed by atoms with van der Waals surface area (Å²) in [5, 5.41) is 1.92. The maximum atomic E-state index is 16.1. The molecule has 4 amide bonds. The summed E-state index contributed by atoms with van der Waals surface area (Å²) in [6, 6.07) is -1.32. The molecule has 0 aliphatic carbocycles. The molecule has 4 rings (SSSR count). The van der Waals surface area contributed by atoms with Crippen molar-refractivity contribution in [1.29, 1.82) is 0 Å². The molecular formula is C22H25F2N3O4. The van der Waals surface area contributed by atoms with Gasteiger partial charge in [0, 0.05) is 22.9 Å². The lowest BCUT2D eigenvalue weighted by Crippen LogP contribution is -2.54. The summed E-state index contributed by atoms with van der Waals surface area (Å²) in [7, 11) is 0. The molecule has 3 aliphatic rings. The summed E-state index contributed by atoms with van der Waals surface area (Å²) in [4.78, 5) is 50.6. The number of piperidine rings is 2. The van der Waals surface area contributed by atoms with E-state index in [1.807, 2.05) is 5.32 Å². The lowest BCUT2D eigenvalue weighted by molar-refractivity contribution is -0.136. The molecule has 1 N–H and O–H groups in total. The van der Waals surface area contributed by atoms with E-state index in [4.69, 9.17) is 11.0 Å². The molecule has 31 heavy (non-hydrogen) atoms. The number of imide groups is 2. The van der Waals surface area contributed by atoms with Gasteiger partial charge in [-0.25, -0.2) is 8.78 Å². The zero-order valence-corrected chi connectivity index (χ0v) is 16.9. The van der Waals surface area contributed by atoms with E-state index in [0.717, 1.165) is 0 Å². The largest absolute Gasteiger partial charge is 0.298 e. The van der Waals surface area contributed by atoms with Crippen LogP contribution in [0.25, 0.3) is 0 Å². The number of halogens is 2. The van der Waals surface area contributed by atoms with Crippen molar-refractivity contribution in [3.05, 3.63) is 34.4 Å². The fourth-order valence-electron chi connectivity index (χ4n) is 3.62. The molecule has 2 fully saturated rings. The second kappa shape index (κ2) is 7.47. The van der Waals surface area contributed by atoms with Gasteiger partial charge in [-0.1, -0.05) is 0 Å². The van der Waals surface area contributed by atoms with Crippen molar-refractivity contribution in [2.24, 2.45) is 0 Å². The second-order valence-corrected chi connectivity index (χ2v) is 8.41. The topological polar surface area (TPSA) is 86.8 Å². The van der Waals surface area contributed by atoms with Crippen molar-refractivity contribution in [3.8, 4) is 0 Å². The van der Waals surface area contributed by atoms with Crippen molar-refractivity contribution in [2.75, 3.05) is 13.0 Å². The highest BCUT2D eigenvalue weighted by Gasteiger charge is 2.48. The van der Waals surface area contributed by atoms with E-state index in [2.05, 4.69) is 0 Å². The highest BCUT2D eigenvalue weighted by atomic mass is 19.1. The average molecular weight is 442 g/mol. The number of fused-ring (bicyclic) bond motifs is 1. The van der Waals surface area contributed by atoms with Gasteiger partial charge in [0.1, 0.15) is 17.7 Å². The monoisotopic (exact) mass is 441 g/mol. The van der Waals surface area contributed by atoms with Gasteiger partial charge in [-0.2, -0.15) is 0 Å². The van der Waals surface area contributed by atoms with Gasteiger partial charge in [0.25, 0.3) is 11.8 Å². The normalized spacial score (nSPS) is 33.7. The predicted molar refractivity (Wildman–Crippen MR) is 106 cm³/mol. The van der Waals surface area contributed by atoms with E-state index in [0.29, 0.717) is 4.90 Å². The first-order valence-corrected chi connectivity index (χ1v) is 9.56. The van der Waals surface area contributed by atoms with Crippen LogP contribution in [0.15, 0.2) is 6.07 Å². The van der Waals surface area contributed by atoms with Crippen LogP contribution in [0, 0.1) is 11.6 Å². The van der Waals surface area contributed by atoms with Gasteiger partial charge in [0.2, 0.25) is 11.8 Å². The Morgan fingerprint density at radius 2 is 1.68 bits per heavy atom. The van der Waals surface area contributed by atoms with Gasteiger partial charge in [0.15, 0.2) is 0 Å². The number of nitrogens with zero attached hydrogens (tertiary/aromatic N) is 2. The minimum absolute atomic E-state index is 0.256. The maximum Gasteiger partial charge on any atom is 0.265 e. The van der Waals surface area contributed by atoms with Crippen molar-refractivity contribution in [3.63, 3.8) is 0 Å². The number of benzene rings is 1. The van der Waals surface area contributed by atoms with Crippen LogP contribution in [0.3, 0.4) is 0 Å². The third-order valence-corrected chi connectivity index (χ3v) is 5.25. The minimum Gasteiger partial charge on any atom is -0.298 e. The van der Waals surface area contributed by atoms with Crippen molar-refractivity contribution in [1.82, 2.24) is 15.1 Å². The molecule has 7 nitrogen and oxygen atoms in total. The van der Waals surface area contributed by atoms with E-state index >= 15 is 8.78 Å². The van der Waals surface area contributed by atoms with Crippen LogP contribution in [0.4, 0.5) is 8.78 Å². The van der Waals surface area contributed by atoms with Gasteiger partial charge in [-0.05, 0) is 70.5 Å². The van der Waals surface area contributed by atoms with Gasteiger partial charge < -0.3 is 0 Å². The van der Waals surface area contributed by atoms with Crippen LogP contribution < -0.4 is 5.32 Å². The first kappa shape index (κ1) is 13.7. The van der Waals surface area contributed by atoms with Gasteiger partial charge >= 0.3 is 0 Å². The van der Waals surface area contributed by atoms with Gasteiger partial charge in [-0.15, -0.1) is 0 Å². The summed E-state index contributed by atoms with van der Waals surface area (Å²) in [6.45, 7) is -2.58. The third kappa shape index (κ3) is 3.54. The first-order chi connectivity index (χ1) is 17.5. The predicted octanol–water partition coefficient (Wildman–Crippen LogP) is 2.34. The standard InChI is InChI=1S/C22H25F2N3O4/c1-22(2,3)26-8-6-11(7-9-26)12-10-13(23)16-17(18(12)24)21(31)27(20(16)30)14-4-5-15(28)25-19(14)29/h10-11,14H,4-9H2,1-3H3,(H,25,28,29)/t14-/m1/s1/i6D2,7D2,8D2,9D2. The smallest absolute Gasteiger partial charge is 0.265 e. The lowest BCUT2D eigenvalue weighted by Gasteiger charge is -2.41. The van der Waals surface area contributed by atoms with Crippen molar-refractivity contribution >= 4 is 23.6 Å².